The number of nitrogens with one attached hydrogen (secondary N) is 3. The van der Waals surface area contributed by atoms with E-state index in [1.807, 2.05) is 67.1 Å². The summed E-state index contributed by atoms with van der Waals surface area (Å²) >= 11 is 0. The molecule has 2 aromatic heterocycles. The van der Waals surface area contributed by atoms with Crippen molar-refractivity contribution < 1.29 is 18.7 Å². The number of urea groups is 1. The molecule has 0 aliphatic carbocycles. The average molecular weight is 450 g/mol. The van der Waals surface area contributed by atoms with Crippen molar-refractivity contribution in [1.29, 1.82) is 0 Å². The van der Waals surface area contributed by atoms with Gasteiger partial charge in [0.05, 0.1) is 24.3 Å². The minimum atomic E-state index is -0.477. The molecule has 4 rings (SSSR count). The SMILES string of the molecule is CCNC(=O)NCc1cc2c(ccc3cnn([C@@H](C)CNC(=O)OCc4ccccc4)c32)o1. The van der Waals surface area contributed by atoms with Crippen molar-refractivity contribution in [2.75, 3.05) is 13.1 Å². The monoisotopic (exact) mass is 449 g/mol. The van der Waals surface area contributed by atoms with E-state index in [2.05, 4.69) is 21.0 Å². The molecular weight excluding hydrogens is 422 g/mol. The smallest absolute Gasteiger partial charge is 0.407 e. The van der Waals surface area contributed by atoms with Crippen molar-refractivity contribution in [2.45, 2.75) is 33.0 Å². The molecule has 0 spiro atoms. The predicted molar refractivity (Wildman–Crippen MR) is 125 cm³/mol. The third-order valence-corrected chi connectivity index (χ3v) is 5.24. The quantitative estimate of drug-likeness (QED) is 0.375. The van der Waals surface area contributed by atoms with E-state index in [0.29, 0.717) is 24.4 Å². The highest BCUT2D eigenvalue weighted by Gasteiger charge is 2.17. The maximum atomic E-state index is 12.1. The molecule has 9 heteroatoms. The van der Waals surface area contributed by atoms with Gasteiger partial charge in [0.25, 0.3) is 0 Å². The van der Waals surface area contributed by atoms with E-state index in [1.165, 1.54) is 0 Å². The molecule has 0 fully saturated rings. The number of carbonyl (C=O) groups excluding carboxylic acids is 2. The molecule has 9 nitrogen and oxygen atoms in total. The lowest BCUT2D eigenvalue weighted by Gasteiger charge is -2.15. The largest absolute Gasteiger partial charge is 0.459 e. The van der Waals surface area contributed by atoms with Gasteiger partial charge in [0.2, 0.25) is 0 Å². The summed E-state index contributed by atoms with van der Waals surface area (Å²) in [6, 6.07) is 14.9. The van der Waals surface area contributed by atoms with Crippen LogP contribution in [0, 0.1) is 0 Å². The van der Waals surface area contributed by atoms with E-state index >= 15 is 0 Å². The van der Waals surface area contributed by atoms with Crippen LogP contribution in [0.25, 0.3) is 21.9 Å². The lowest BCUT2D eigenvalue weighted by Crippen LogP contribution is -2.34. The van der Waals surface area contributed by atoms with Gasteiger partial charge in [-0.15, -0.1) is 0 Å². The third kappa shape index (κ3) is 5.25. The van der Waals surface area contributed by atoms with Gasteiger partial charge in [0.15, 0.2) is 0 Å². The summed E-state index contributed by atoms with van der Waals surface area (Å²) in [5.74, 6) is 0.645. The predicted octanol–water partition coefficient (Wildman–Crippen LogP) is 4.09. The Morgan fingerprint density at radius 2 is 1.94 bits per heavy atom. The van der Waals surface area contributed by atoms with Gasteiger partial charge >= 0.3 is 12.1 Å². The van der Waals surface area contributed by atoms with Crippen LogP contribution in [0.4, 0.5) is 9.59 Å². The van der Waals surface area contributed by atoms with Crippen LogP contribution < -0.4 is 16.0 Å². The number of rotatable bonds is 8. The Bertz CT molecular complexity index is 1250. The Morgan fingerprint density at radius 1 is 1.12 bits per heavy atom. The first-order valence-corrected chi connectivity index (χ1v) is 10.9. The number of aromatic nitrogens is 2. The summed E-state index contributed by atoms with van der Waals surface area (Å²) in [5, 5.41) is 14.7. The number of fused-ring (bicyclic) bond motifs is 3. The zero-order valence-electron chi connectivity index (χ0n) is 18.6. The standard InChI is InChI=1S/C24H27N5O4/c1-3-25-23(30)26-14-19-11-20-21(33-19)10-9-18-13-28-29(22(18)20)16(2)12-27-24(31)32-15-17-7-5-4-6-8-17/h4-11,13,16H,3,12,14-15H2,1-2H3,(H,27,31)(H2,25,26,30)/t16-/m0/s1. The Hall–Kier alpha value is -4.01. The number of hydrogen-bond acceptors (Lipinski definition) is 5. The Kier molecular flexibility index (Phi) is 6.77. The van der Waals surface area contributed by atoms with Crippen LogP contribution in [0.15, 0.2) is 59.1 Å². The van der Waals surface area contributed by atoms with Crippen LogP contribution in [0.1, 0.15) is 31.2 Å². The maximum absolute atomic E-state index is 12.1. The van der Waals surface area contributed by atoms with Crippen LogP contribution in [0.5, 0.6) is 0 Å². The van der Waals surface area contributed by atoms with Crippen LogP contribution in [0.3, 0.4) is 0 Å². The molecule has 172 valence electrons. The summed E-state index contributed by atoms with van der Waals surface area (Å²) in [6.07, 6.45) is 1.31. The number of hydrogen-bond donors (Lipinski definition) is 3. The van der Waals surface area contributed by atoms with Crippen LogP contribution in [0.2, 0.25) is 0 Å². The molecule has 0 bridgehead atoms. The highest BCUT2D eigenvalue weighted by Crippen LogP contribution is 2.29. The maximum Gasteiger partial charge on any atom is 0.407 e. The lowest BCUT2D eigenvalue weighted by atomic mass is 10.1. The summed E-state index contributed by atoms with van der Waals surface area (Å²) in [6.45, 7) is 5.23. The number of amides is 3. The summed E-state index contributed by atoms with van der Waals surface area (Å²) in [4.78, 5) is 23.8. The summed E-state index contributed by atoms with van der Waals surface area (Å²) < 4.78 is 13.1. The molecule has 0 unspecified atom stereocenters. The van der Waals surface area contributed by atoms with Gasteiger partial charge in [-0.1, -0.05) is 30.3 Å². The fraction of sp³-hybridized carbons (Fsp3) is 0.292. The first kappa shape index (κ1) is 22.2. The Labute approximate surface area is 191 Å². The van der Waals surface area contributed by atoms with Crippen molar-refractivity contribution in [2.24, 2.45) is 0 Å². The normalized spacial score (nSPS) is 11.9. The Balaban J connectivity index is 1.43. The molecule has 1 atom stereocenters. The van der Waals surface area contributed by atoms with E-state index in [-0.39, 0.29) is 25.2 Å². The van der Waals surface area contributed by atoms with Crippen molar-refractivity contribution in [3.8, 4) is 0 Å². The minimum Gasteiger partial charge on any atom is -0.459 e. The molecule has 3 N–H and O–H groups in total. The number of benzene rings is 2. The van der Waals surface area contributed by atoms with Crippen molar-refractivity contribution in [3.63, 3.8) is 0 Å². The molecule has 2 heterocycles. The molecule has 33 heavy (non-hydrogen) atoms. The Morgan fingerprint density at radius 3 is 2.73 bits per heavy atom. The summed E-state index contributed by atoms with van der Waals surface area (Å²) in [5.41, 5.74) is 2.55. The van der Waals surface area contributed by atoms with E-state index in [4.69, 9.17) is 9.15 Å². The number of ether oxygens (including phenoxy) is 1. The molecule has 0 aliphatic heterocycles. The second-order valence-electron chi connectivity index (χ2n) is 7.72. The number of nitrogens with zero attached hydrogens (tertiary/aromatic N) is 2. The summed E-state index contributed by atoms with van der Waals surface area (Å²) in [7, 11) is 0. The second-order valence-corrected chi connectivity index (χ2v) is 7.72. The fourth-order valence-electron chi connectivity index (χ4n) is 3.61. The van der Waals surface area contributed by atoms with Crippen molar-refractivity contribution in [3.05, 3.63) is 66.1 Å². The van der Waals surface area contributed by atoms with Crippen LogP contribution in [-0.4, -0.2) is 35.0 Å². The molecule has 2 aromatic carbocycles. The van der Waals surface area contributed by atoms with Gasteiger partial charge in [0, 0.05) is 23.9 Å². The minimum absolute atomic E-state index is 0.121. The highest BCUT2D eigenvalue weighted by molar-refractivity contribution is 6.03. The number of furan rings is 1. The molecule has 3 amide bonds. The second kappa shape index (κ2) is 10.1. The highest BCUT2D eigenvalue weighted by atomic mass is 16.5. The topological polar surface area (TPSA) is 110 Å². The van der Waals surface area contributed by atoms with E-state index < -0.39 is 6.09 Å². The zero-order chi connectivity index (χ0) is 23.2. The van der Waals surface area contributed by atoms with Crippen molar-refractivity contribution >= 4 is 34.0 Å². The molecule has 0 saturated heterocycles. The van der Waals surface area contributed by atoms with E-state index in [9.17, 15) is 9.59 Å². The van der Waals surface area contributed by atoms with Gasteiger partial charge in [-0.3, -0.25) is 4.68 Å². The molecule has 0 aliphatic rings. The third-order valence-electron chi connectivity index (χ3n) is 5.24. The zero-order valence-corrected chi connectivity index (χ0v) is 18.6. The molecular formula is C24H27N5O4. The average Bonchev–Trinajstić information content (AvgIpc) is 3.44. The van der Waals surface area contributed by atoms with Crippen LogP contribution in [-0.2, 0) is 17.9 Å². The number of carbonyl (C=O) groups is 2. The molecule has 0 saturated carbocycles. The van der Waals surface area contributed by atoms with Crippen LogP contribution >= 0.6 is 0 Å². The van der Waals surface area contributed by atoms with Gasteiger partial charge in [-0.2, -0.15) is 5.10 Å². The number of alkyl carbamates (subject to hydrolysis) is 1. The molecule has 0 radical (unpaired) electrons. The van der Waals surface area contributed by atoms with Crippen molar-refractivity contribution in [1.82, 2.24) is 25.7 Å². The first-order chi connectivity index (χ1) is 16.0. The first-order valence-electron chi connectivity index (χ1n) is 10.9. The lowest BCUT2D eigenvalue weighted by molar-refractivity contribution is 0.138. The fourth-order valence-corrected chi connectivity index (χ4v) is 3.61. The van der Waals surface area contributed by atoms with E-state index in [1.54, 1.807) is 6.20 Å². The van der Waals surface area contributed by atoms with E-state index in [0.717, 1.165) is 21.9 Å². The van der Waals surface area contributed by atoms with Gasteiger partial charge in [0.1, 0.15) is 18.0 Å². The van der Waals surface area contributed by atoms with Gasteiger partial charge in [-0.25, -0.2) is 9.59 Å². The van der Waals surface area contributed by atoms with Gasteiger partial charge in [-0.05, 0) is 37.6 Å². The van der Waals surface area contributed by atoms with Gasteiger partial charge < -0.3 is 25.1 Å². The molecule has 4 aromatic rings.